The summed E-state index contributed by atoms with van der Waals surface area (Å²) in [5.41, 5.74) is 10.0. The largest absolute Gasteiger partial charge is 0.416 e. The second-order valence-corrected chi connectivity index (χ2v) is 12.0. The van der Waals surface area contributed by atoms with Crippen molar-refractivity contribution in [3.8, 4) is 11.1 Å². The lowest BCUT2D eigenvalue weighted by Crippen LogP contribution is -2.42. The summed E-state index contributed by atoms with van der Waals surface area (Å²) in [4.78, 5) is 21.9. The van der Waals surface area contributed by atoms with E-state index >= 15 is 0 Å². The van der Waals surface area contributed by atoms with E-state index in [1.165, 1.54) is 36.0 Å². The molecule has 2 N–H and O–H groups in total. The SMILES string of the molecule is C=C1N=C(SCc2ccc(F)cc2)N(CC(=O)N(CCN)Cc2ccc(-c3ccc(C(F)(F)F)cc3)cc2)C=C1CC(C)C. The van der Waals surface area contributed by atoms with Crippen molar-refractivity contribution >= 4 is 22.8 Å². The van der Waals surface area contributed by atoms with Gasteiger partial charge in [-0.3, -0.25) is 4.79 Å². The van der Waals surface area contributed by atoms with E-state index in [0.717, 1.165) is 40.8 Å². The average molecular weight is 625 g/mol. The molecule has 0 saturated heterocycles. The van der Waals surface area contributed by atoms with Gasteiger partial charge in [-0.25, -0.2) is 9.38 Å². The molecule has 1 aliphatic rings. The maximum absolute atomic E-state index is 13.7. The van der Waals surface area contributed by atoms with Gasteiger partial charge in [0.15, 0.2) is 5.17 Å². The van der Waals surface area contributed by atoms with E-state index in [1.807, 2.05) is 35.4 Å². The number of rotatable bonds is 11. The molecule has 0 saturated carbocycles. The van der Waals surface area contributed by atoms with Gasteiger partial charge in [0.25, 0.3) is 0 Å². The van der Waals surface area contributed by atoms with Gasteiger partial charge in [-0.15, -0.1) is 0 Å². The molecule has 5 nitrogen and oxygen atoms in total. The highest BCUT2D eigenvalue weighted by atomic mass is 32.2. The first-order chi connectivity index (χ1) is 20.9. The molecule has 0 radical (unpaired) electrons. The lowest BCUT2D eigenvalue weighted by atomic mass is 10.0. The molecule has 1 amide bonds. The number of hydrogen-bond donors (Lipinski definition) is 1. The molecular formula is C34H36F4N4OS. The van der Waals surface area contributed by atoms with Crippen LogP contribution >= 0.6 is 11.8 Å². The molecule has 0 atom stereocenters. The summed E-state index contributed by atoms with van der Waals surface area (Å²) in [5, 5.41) is 0.633. The van der Waals surface area contributed by atoms with E-state index in [-0.39, 0.29) is 24.8 Å². The second kappa shape index (κ2) is 14.7. The number of thioether (sulfide) groups is 1. The van der Waals surface area contributed by atoms with Crippen LogP contribution in [0.25, 0.3) is 11.1 Å². The monoisotopic (exact) mass is 624 g/mol. The van der Waals surface area contributed by atoms with Crippen LogP contribution in [0.5, 0.6) is 0 Å². The highest BCUT2D eigenvalue weighted by Gasteiger charge is 2.30. The minimum absolute atomic E-state index is 0.0494. The molecule has 0 aliphatic carbocycles. The van der Waals surface area contributed by atoms with E-state index in [1.54, 1.807) is 17.0 Å². The Morgan fingerprint density at radius 1 is 0.977 bits per heavy atom. The van der Waals surface area contributed by atoms with E-state index in [0.29, 0.717) is 41.2 Å². The zero-order chi connectivity index (χ0) is 31.9. The summed E-state index contributed by atoms with van der Waals surface area (Å²) in [7, 11) is 0. The van der Waals surface area contributed by atoms with Gasteiger partial charge in [-0.2, -0.15) is 13.2 Å². The lowest BCUT2D eigenvalue weighted by Gasteiger charge is -2.30. The van der Waals surface area contributed by atoms with Crippen molar-refractivity contribution in [2.24, 2.45) is 16.6 Å². The number of carbonyl (C=O) groups excluding carboxylic acids is 1. The zero-order valence-corrected chi connectivity index (χ0v) is 25.6. The van der Waals surface area contributed by atoms with Crippen LogP contribution in [0.3, 0.4) is 0 Å². The summed E-state index contributed by atoms with van der Waals surface area (Å²) >= 11 is 1.45. The summed E-state index contributed by atoms with van der Waals surface area (Å²) in [6.45, 7) is 9.35. The zero-order valence-electron chi connectivity index (χ0n) is 24.8. The first-order valence-corrected chi connectivity index (χ1v) is 15.3. The van der Waals surface area contributed by atoms with Crippen LogP contribution in [0.2, 0.25) is 0 Å². The predicted octanol–water partition coefficient (Wildman–Crippen LogP) is 7.85. The normalized spacial score (nSPS) is 13.6. The Kier molecular flexibility index (Phi) is 11.0. The van der Waals surface area contributed by atoms with Gasteiger partial charge in [0.1, 0.15) is 12.4 Å². The number of alkyl halides is 3. The second-order valence-electron chi connectivity index (χ2n) is 11.0. The fourth-order valence-corrected chi connectivity index (χ4v) is 5.65. The van der Waals surface area contributed by atoms with Crippen molar-refractivity contribution < 1.29 is 22.4 Å². The van der Waals surface area contributed by atoms with Crippen molar-refractivity contribution in [2.75, 3.05) is 19.6 Å². The molecule has 3 aromatic carbocycles. The number of aliphatic imine (C=N–C) groups is 1. The number of amidine groups is 1. The van der Waals surface area contributed by atoms with Crippen molar-refractivity contribution in [3.05, 3.63) is 119 Å². The number of halogens is 4. The molecule has 0 fully saturated rings. The Hall–Kier alpha value is -3.89. The first-order valence-electron chi connectivity index (χ1n) is 14.3. The van der Waals surface area contributed by atoms with Crippen LogP contribution in [0.4, 0.5) is 17.6 Å². The Bertz CT molecular complexity index is 1500. The number of allylic oxidation sites excluding steroid dienone is 1. The molecule has 232 valence electrons. The van der Waals surface area contributed by atoms with Crippen molar-refractivity contribution in [1.82, 2.24) is 9.80 Å². The molecule has 0 unspecified atom stereocenters. The quantitative estimate of drug-likeness (QED) is 0.221. The number of benzene rings is 3. The van der Waals surface area contributed by atoms with Crippen molar-refractivity contribution in [2.45, 2.75) is 38.7 Å². The molecule has 0 aromatic heterocycles. The third-order valence-corrected chi connectivity index (χ3v) is 8.06. The number of carbonyl (C=O) groups is 1. The molecule has 3 aromatic rings. The van der Waals surface area contributed by atoms with E-state index in [9.17, 15) is 22.4 Å². The van der Waals surface area contributed by atoms with Gasteiger partial charge in [0.2, 0.25) is 5.91 Å². The van der Waals surface area contributed by atoms with Gasteiger partial charge < -0.3 is 15.5 Å². The molecule has 1 heterocycles. The summed E-state index contributed by atoms with van der Waals surface area (Å²) in [6.07, 6.45) is -1.68. The van der Waals surface area contributed by atoms with Crippen LogP contribution < -0.4 is 5.73 Å². The number of hydrogen-bond acceptors (Lipinski definition) is 5. The van der Waals surface area contributed by atoms with E-state index in [4.69, 9.17) is 10.7 Å². The van der Waals surface area contributed by atoms with Gasteiger partial charge in [-0.1, -0.05) is 80.7 Å². The molecule has 10 heteroatoms. The Morgan fingerprint density at radius 3 is 2.14 bits per heavy atom. The maximum atomic E-state index is 13.7. The smallest absolute Gasteiger partial charge is 0.336 e. The minimum atomic E-state index is -4.39. The van der Waals surface area contributed by atoms with Gasteiger partial charge in [-0.05, 0) is 64.4 Å². The lowest BCUT2D eigenvalue weighted by molar-refractivity contribution is -0.137. The molecule has 1 aliphatic heterocycles. The van der Waals surface area contributed by atoms with Crippen molar-refractivity contribution in [1.29, 1.82) is 0 Å². The third-order valence-electron chi connectivity index (χ3n) is 7.00. The maximum Gasteiger partial charge on any atom is 0.416 e. The average Bonchev–Trinajstić information content (AvgIpc) is 2.98. The predicted molar refractivity (Wildman–Crippen MR) is 170 cm³/mol. The Morgan fingerprint density at radius 2 is 1.57 bits per heavy atom. The van der Waals surface area contributed by atoms with E-state index < -0.39 is 11.7 Å². The molecular weight excluding hydrogens is 588 g/mol. The summed E-state index contributed by atoms with van der Waals surface area (Å²) < 4.78 is 52.2. The van der Waals surface area contributed by atoms with Crippen molar-refractivity contribution in [3.63, 3.8) is 0 Å². The Labute approximate surface area is 260 Å². The summed E-state index contributed by atoms with van der Waals surface area (Å²) in [6, 6.07) is 18.7. The number of amides is 1. The molecule has 0 spiro atoms. The van der Waals surface area contributed by atoms with Crippen LogP contribution in [-0.2, 0) is 23.3 Å². The molecule has 0 bridgehead atoms. The Balaban J connectivity index is 1.47. The number of nitrogens with two attached hydrogens (primary N) is 1. The van der Waals surface area contributed by atoms with Gasteiger partial charge >= 0.3 is 6.18 Å². The van der Waals surface area contributed by atoms with Crippen LogP contribution in [0, 0.1) is 11.7 Å². The fraction of sp³-hybridized carbons (Fsp3) is 0.294. The minimum Gasteiger partial charge on any atom is -0.336 e. The number of nitrogens with zero attached hydrogens (tertiary/aromatic N) is 3. The van der Waals surface area contributed by atoms with Gasteiger partial charge in [0.05, 0.1) is 11.3 Å². The standard InChI is InChI=1S/C34H36F4N4OS/c1-23(2)18-29-20-42(33(40-24(29)3)44-22-26-6-14-31(35)15-7-26)21-32(43)41(17-16-39)19-25-4-8-27(9-5-25)28-10-12-30(13-11-28)34(36,37)38/h4-15,20,23H,3,16-19,21-22,39H2,1-2H3. The molecule has 4 rings (SSSR count). The van der Waals surface area contributed by atoms with Crippen LogP contribution in [0.1, 0.15) is 37.0 Å². The topological polar surface area (TPSA) is 61.9 Å². The first kappa shape index (κ1) is 33.0. The molecule has 44 heavy (non-hydrogen) atoms. The highest BCUT2D eigenvalue weighted by Crippen LogP contribution is 2.32. The van der Waals surface area contributed by atoms with E-state index in [2.05, 4.69) is 20.4 Å². The third kappa shape index (κ3) is 9.06. The van der Waals surface area contributed by atoms with Crippen LogP contribution in [-0.4, -0.2) is 40.5 Å². The van der Waals surface area contributed by atoms with Crippen LogP contribution in [0.15, 0.2) is 102 Å². The summed E-state index contributed by atoms with van der Waals surface area (Å²) in [5.74, 6) is 0.482. The highest BCUT2D eigenvalue weighted by molar-refractivity contribution is 8.13. The van der Waals surface area contributed by atoms with Gasteiger partial charge in [0, 0.05) is 31.6 Å². The fourth-order valence-electron chi connectivity index (χ4n) is 4.70.